The average Bonchev–Trinajstić information content (AvgIpc) is 3.13. The Morgan fingerprint density at radius 1 is 1.17 bits per heavy atom. The van der Waals surface area contributed by atoms with Crippen LogP contribution in [0.2, 0.25) is 0 Å². The maximum Gasteiger partial charge on any atom is 0.512 e. The van der Waals surface area contributed by atoms with E-state index in [-0.39, 0.29) is 11.0 Å². The van der Waals surface area contributed by atoms with Crippen molar-refractivity contribution in [1.82, 2.24) is 15.1 Å². The molecule has 0 atom stereocenters. The lowest BCUT2D eigenvalue weighted by atomic mass is 10.1. The predicted molar refractivity (Wildman–Crippen MR) is 111 cm³/mol. The van der Waals surface area contributed by atoms with Crippen LogP contribution in [-0.4, -0.2) is 45.4 Å². The van der Waals surface area contributed by atoms with Crippen LogP contribution in [0.4, 0.5) is 10.6 Å². The summed E-state index contributed by atoms with van der Waals surface area (Å²) >= 11 is 1.11. The van der Waals surface area contributed by atoms with E-state index < -0.39 is 6.16 Å². The van der Waals surface area contributed by atoms with Gasteiger partial charge in [-0.25, -0.2) is 4.79 Å². The monoisotopic (exact) mass is 414 g/mol. The Kier molecular flexibility index (Phi) is 5.77. The number of rotatable bonds is 5. The van der Waals surface area contributed by atoms with E-state index in [2.05, 4.69) is 25.2 Å². The number of amides is 1. The lowest BCUT2D eigenvalue weighted by Gasteiger charge is -2.19. The Bertz CT molecular complexity index is 1000. The zero-order valence-electron chi connectivity index (χ0n) is 15.8. The molecule has 1 aromatic carbocycles. The van der Waals surface area contributed by atoms with Gasteiger partial charge in [0.2, 0.25) is 0 Å². The fraction of sp³-hybridized carbons (Fsp3) is 0.350. The van der Waals surface area contributed by atoms with Gasteiger partial charge in [-0.15, -0.1) is 0 Å². The molecular weight excluding hydrogens is 392 g/mol. The van der Waals surface area contributed by atoms with Gasteiger partial charge >= 0.3 is 6.16 Å². The fourth-order valence-electron chi connectivity index (χ4n) is 3.52. The fourth-order valence-corrected chi connectivity index (χ4v) is 4.37. The normalized spacial score (nSPS) is 15.2. The van der Waals surface area contributed by atoms with Gasteiger partial charge < -0.3 is 15.2 Å². The van der Waals surface area contributed by atoms with Crippen LogP contribution < -0.4 is 10.1 Å². The molecule has 1 saturated heterocycles. The third-order valence-corrected chi connectivity index (χ3v) is 5.89. The van der Waals surface area contributed by atoms with Gasteiger partial charge in [0.1, 0.15) is 4.83 Å². The molecule has 2 aromatic heterocycles. The van der Waals surface area contributed by atoms with Crippen LogP contribution in [0.5, 0.6) is 5.06 Å². The largest absolute Gasteiger partial charge is 0.512 e. The molecule has 1 aliphatic rings. The molecular formula is C20H22N4O4S. The first-order valence-electron chi connectivity index (χ1n) is 9.60. The van der Waals surface area contributed by atoms with E-state index in [1.165, 1.54) is 37.3 Å². The summed E-state index contributed by atoms with van der Waals surface area (Å²) in [4.78, 5) is 26.4. The SMILES string of the molecule is O=C(O)Oc1cc2c(NC(=O)c3ccc(CN4CCCCCC4)cc3)n[nH]c2s1. The molecule has 8 nitrogen and oxygen atoms in total. The number of carboxylic acid groups (broad SMARTS) is 1. The van der Waals surface area contributed by atoms with Gasteiger partial charge in [0.25, 0.3) is 5.91 Å². The number of anilines is 1. The Hall–Kier alpha value is -2.91. The number of nitrogens with one attached hydrogen (secondary N) is 2. The molecule has 1 aliphatic heterocycles. The number of nitrogens with zero attached hydrogens (tertiary/aromatic N) is 2. The summed E-state index contributed by atoms with van der Waals surface area (Å²) in [6, 6.07) is 9.15. The molecule has 3 aromatic rings. The molecule has 0 aliphatic carbocycles. The van der Waals surface area contributed by atoms with E-state index in [4.69, 9.17) is 5.11 Å². The van der Waals surface area contributed by atoms with Gasteiger partial charge in [-0.05, 0) is 43.6 Å². The van der Waals surface area contributed by atoms with Crippen LogP contribution in [0.1, 0.15) is 41.6 Å². The topological polar surface area (TPSA) is 108 Å². The minimum absolute atomic E-state index is 0.217. The standard InChI is InChI=1S/C20H22N4O4S/c25-18(21-17-15-11-16(28-20(26)27)29-19(15)23-22-17)14-7-5-13(6-8-14)12-24-9-3-1-2-4-10-24/h5-8,11H,1-4,9-10,12H2,(H,26,27)(H2,21,22,23,25). The Balaban J connectivity index is 1.41. The third-order valence-electron chi connectivity index (χ3n) is 4.97. The Morgan fingerprint density at radius 2 is 1.90 bits per heavy atom. The molecule has 0 radical (unpaired) electrons. The first-order valence-corrected chi connectivity index (χ1v) is 10.4. The minimum Gasteiger partial charge on any atom is -0.449 e. The van der Waals surface area contributed by atoms with Crippen LogP contribution in [0.3, 0.4) is 0 Å². The summed E-state index contributed by atoms with van der Waals surface area (Å²) in [6.07, 6.45) is 3.74. The average molecular weight is 414 g/mol. The van der Waals surface area contributed by atoms with Crippen LogP contribution >= 0.6 is 11.3 Å². The number of H-pyrrole nitrogens is 1. The second-order valence-corrected chi connectivity index (χ2v) is 8.10. The first kappa shape index (κ1) is 19.4. The Labute approximate surface area is 171 Å². The number of likely N-dealkylation sites (tertiary alicyclic amines) is 1. The van der Waals surface area contributed by atoms with Crippen LogP contribution in [0.15, 0.2) is 30.3 Å². The van der Waals surface area contributed by atoms with E-state index in [0.717, 1.165) is 31.0 Å². The summed E-state index contributed by atoms with van der Waals surface area (Å²) < 4.78 is 4.66. The number of fused-ring (bicyclic) bond motifs is 1. The number of aromatic nitrogens is 2. The van der Waals surface area contributed by atoms with Crippen molar-refractivity contribution < 1.29 is 19.4 Å². The smallest absolute Gasteiger partial charge is 0.449 e. The third kappa shape index (κ3) is 4.75. The molecule has 1 fully saturated rings. The van der Waals surface area contributed by atoms with E-state index in [0.29, 0.717) is 21.6 Å². The van der Waals surface area contributed by atoms with Crippen molar-refractivity contribution in [2.45, 2.75) is 32.2 Å². The van der Waals surface area contributed by atoms with Gasteiger partial charge in [-0.1, -0.05) is 36.3 Å². The zero-order chi connectivity index (χ0) is 20.2. The summed E-state index contributed by atoms with van der Waals surface area (Å²) in [7, 11) is 0. The molecule has 1 amide bonds. The molecule has 4 rings (SSSR count). The highest BCUT2D eigenvalue weighted by molar-refractivity contribution is 7.20. The zero-order valence-corrected chi connectivity index (χ0v) is 16.6. The molecule has 0 spiro atoms. The number of carbonyl (C=O) groups excluding carboxylic acids is 1. The number of carbonyl (C=O) groups is 2. The summed E-state index contributed by atoms with van der Waals surface area (Å²) in [5.74, 6) is 0.0711. The summed E-state index contributed by atoms with van der Waals surface area (Å²) in [6.45, 7) is 3.17. The molecule has 3 heterocycles. The highest BCUT2D eigenvalue weighted by Gasteiger charge is 2.16. The number of aromatic amines is 1. The summed E-state index contributed by atoms with van der Waals surface area (Å²) in [5, 5.41) is 19.2. The summed E-state index contributed by atoms with van der Waals surface area (Å²) in [5.41, 5.74) is 1.73. The van der Waals surface area contributed by atoms with Gasteiger partial charge in [-0.3, -0.25) is 14.8 Å². The second-order valence-electron chi connectivity index (χ2n) is 7.09. The second kappa shape index (κ2) is 8.62. The van der Waals surface area contributed by atoms with Gasteiger partial charge in [0.05, 0.1) is 5.39 Å². The Morgan fingerprint density at radius 3 is 2.59 bits per heavy atom. The van der Waals surface area contributed by atoms with E-state index in [9.17, 15) is 9.59 Å². The van der Waals surface area contributed by atoms with Gasteiger partial charge in [0, 0.05) is 18.2 Å². The number of thiophene rings is 1. The van der Waals surface area contributed by atoms with Crippen LogP contribution in [-0.2, 0) is 6.54 Å². The lowest BCUT2D eigenvalue weighted by molar-refractivity contribution is 0.102. The highest BCUT2D eigenvalue weighted by atomic mass is 32.1. The molecule has 9 heteroatoms. The molecule has 0 bridgehead atoms. The van der Waals surface area contributed by atoms with Gasteiger partial charge in [0.15, 0.2) is 10.9 Å². The van der Waals surface area contributed by atoms with E-state index >= 15 is 0 Å². The first-order chi connectivity index (χ1) is 14.1. The molecule has 0 unspecified atom stereocenters. The predicted octanol–water partition coefficient (Wildman–Crippen LogP) is 4.31. The number of ether oxygens (including phenoxy) is 1. The van der Waals surface area contributed by atoms with E-state index in [1.807, 2.05) is 24.3 Å². The molecule has 29 heavy (non-hydrogen) atoms. The van der Waals surface area contributed by atoms with Gasteiger partial charge in [-0.2, -0.15) is 5.10 Å². The van der Waals surface area contributed by atoms with Crippen molar-refractivity contribution in [2.75, 3.05) is 18.4 Å². The maximum atomic E-state index is 12.6. The van der Waals surface area contributed by atoms with Crippen LogP contribution in [0.25, 0.3) is 10.2 Å². The van der Waals surface area contributed by atoms with E-state index in [1.54, 1.807) is 0 Å². The van der Waals surface area contributed by atoms with Crippen molar-refractivity contribution in [1.29, 1.82) is 0 Å². The van der Waals surface area contributed by atoms with Crippen molar-refractivity contribution in [3.8, 4) is 5.06 Å². The quantitative estimate of drug-likeness (QED) is 0.537. The minimum atomic E-state index is -1.38. The maximum absolute atomic E-state index is 12.6. The lowest BCUT2D eigenvalue weighted by Crippen LogP contribution is -2.24. The van der Waals surface area contributed by atoms with Crippen molar-refractivity contribution >= 4 is 39.4 Å². The molecule has 0 saturated carbocycles. The van der Waals surface area contributed by atoms with Crippen molar-refractivity contribution in [3.05, 3.63) is 41.5 Å². The van der Waals surface area contributed by atoms with Crippen molar-refractivity contribution in [2.24, 2.45) is 0 Å². The van der Waals surface area contributed by atoms with Crippen molar-refractivity contribution in [3.63, 3.8) is 0 Å². The highest BCUT2D eigenvalue weighted by Crippen LogP contribution is 2.34. The molecule has 152 valence electrons. The number of hydrogen-bond donors (Lipinski definition) is 3. The molecule has 3 N–H and O–H groups in total. The van der Waals surface area contributed by atoms with Crippen LogP contribution in [0, 0.1) is 0 Å². The number of hydrogen-bond acceptors (Lipinski definition) is 6. The number of benzene rings is 1.